The maximum atomic E-state index is 12.1. The average Bonchev–Trinajstić information content (AvgIpc) is 3.45. The van der Waals surface area contributed by atoms with Gasteiger partial charge in [-0.25, -0.2) is 0 Å². The van der Waals surface area contributed by atoms with Gasteiger partial charge in [-0.05, 0) is 31.0 Å². The molecule has 7 heteroatoms. The van der Waals surface area contributed by atoms with E-state index < -0.39 is 0 Å². The second-order valence-electron chi connectivity index (χ2n) is 6.95. The molecule has 0 spiro atoms. The van der Waals surface area contributed by atoms with Crippen molar-refractivity contribution in [2.75, 3.05) is 44.6 Å². The fraction of sp³-hybridized carbons (Fsp3) is 0.526. The van der Waals surface area contributed by atoms with Crippen LogP contribution >= 0.6 is 0 Å². The zero-order valence-corrected chi connectivity index (χ0v) is 14.9. The molecule has 0 aromatic heterocycles. The molecule has 0 unspecified atom stereocenters. The van der Waals surface area contributed by atoms with Crippen LogP contribution in [0.2, 0.25) is 0 Å². The van der Waals surface area contributed by atoms with E-state index in [1.54, 1.807) is 24.3 Å². The Balaban J connectivity index is 1.33. The molecular weight excluding hydrogens is 330 g/mol. The van der Waals surface area contributed by atoms with E-state index in [1.807, 2.05) is 0 Å². The predicted molar refractivity (Wildman–Crippen MR) is 98.4 cm³/mol. The fourth-order valence-corrected chi connectivity index (χ4v) is 3.02. The van der Waals surface area contributed by atoms with Crippen molar-refractivity contribution in [3.63, 3.8) is 0 Å². The van der Waals surface area contributed by atoms with Gasteiger partial charge in [0.15, 0.2) is 0 Å². The molecule has 2 N–H and O–H groups in total. The zero-order valence-electron chi connectivity index (χ0n) is 14.9. The van der Waals surface area contributed by atoms with Gasteiger partial charge in [-0.3, -0.25) is 14.5 Å². The van der Waals surface area contributed by atoms with Crippen LogP contribution in [-0.4, -0.2) is 66.9 Å². The van der Waals surface area contributed by atoms with Gasteiger partial charge < -0.3 is 15.5 Å². The number of anilines is 1. The van der Waals surface area contributed by atoms with Gasteiger partial charge in [0, 0.05) is 50.9 Å². The highest BCUT2D eigenvalue weighted by Crippen LogP contribution is 2.18. The van der Waals surface area contributed by atoms with E-state index in [2.05, 4.69) is 26.5 Å². The van der Waals surface area contributed by atoms with Crippen LogP contribution in [0, 0.1) is 11.3 Å². The van der Waals surface area contributed by atoms with Crippen molar-refractivity contribution in [2.45, 2.75) is 25.3 Å². The molecule has 1 heterocycles. The van der Waals surface area contributed by atoms with Crippen molar-refractivity contribution < 1.29 is 9.59 Å². The number of amides is 2. The lowest BCUT2D eigenvalue weighted by Gasteiger charge is -2.34. The number of hydrogen-bond donors (Lipinski definition) is 2. The summed E-state index contributed by atoms with van der Waals surface area (Å²) in [5.41, 5.74) is 1.19. The van der Waals surface area contributed by atoms with Crippen molar-refractivity contribution in [2.24, 2.45) is 0 Å². The van der Waals surface area contributed by atoms with Crippen LogP contribution in [0.5, 0.6) is 0 Å². The standard InChI is InChI=1S/C19H25N5O2/c20-13-15-2-1-3-17(12-15)22-18(25)6-7-23-8-10-24(11-9-23)14-19(26)21-16-4-5-16/h1-3,12,16H,4-11,14H2,(H,21,26)(H,22,25). The van der Waals surface area contributed by atoms with E-state index in [9.17, 15) is 9.59 Å². The molecule has 1 saturated carbocycles. The molecule has 2 amide bonds. The van der Waals surface area contributed by atoms with E-state index in [0.717, 1.165) is 39.0 Å². The van der Waals surface area contributed by atoms with Gasteiger partial charge in [0.25, 0.3) is 0 Å². The van der Waals surface area contributed by atoms with Gasteiger partial charge >= 0.3 is 0 Å². The Hall–Kier alpha value is -2.43. The molecule has 2 fully saturated rings. The van der Waals surface area contributed by atoms with Crippen LogP contribution < -0.4 is 10.6 Å². The van der Waals surface area contributed by atoms with Crippen molar-refractivity contribution in [3.8, 4) is 6.07 Å². The number of nitriles is 1. The minimum atomic E-state index is -0.0497. The number of carbonyl (C=O) groups is 2. The van der Waals surface area contributed by atoms with Crippen molar-refractivity contribution >= 4 is 17.5 Å². The molecule has 138 valence electrons. The topological polar surface area (TPSA) is 88.5 Å². The zero-order chi connectivity index (χ0) is 18.4. The first-order valence-electron chi connectivity index (χ1n) is 9.16. The molecule has 2 aliphatic rings. The minimum Gasteiger partial charge on any atom is -0.352 e. The van der Waals surface area contributed by atoms with Crippen LogP contribution in [0.4, 0.5) is 5.69 Å². The summed E-state index contributed by atoms with van der Waals surface area (Å²) >= 11 is 0. The highest BCUT2D eigenvalue weighted by Gasteiger charge is 2.25. The van der Waals surface area contributed by atoms with Crippen molar-refractivity contribution in [3.05, 3.63) is 29.8 Å². The molecule has 1 aromatic carbocycles. The largest absolute Gasteiger partial charge is 0.352 e. The van der Waals surface area contributed by atoms with E-state index in [4.69, 9.17) is 5.26 Å². The van der Waals surface area contributed by atoms with Gasteiger partial charge in [0.1, 0.15) is 0 Å². The normalized spacial score (nSPS) is 18.1. The number of benzene rings is 1. The average molecular weight is 355 g/mol. The molecule has 1 aromatic rings. The summed E-state index contributed by atoms with van der Waals surface area (Å²) in [6.45, 7) is 4.61. The summed E-state index contributed by atoms with van der Waals surface area (Å²) in [6.07, 6.45) is 2.64. The minimum absolute atomic E-state index is 0.0497. The third-order valence-corrected chi connectivity index (χ3v) is 4.71. The van der Waals surface area contributed by atoms with Gasteiger partial charge in [0.2, 0.25) is 11.8 Å². The molecule has 0 bridgehead atoms. The Morgan fingerprint density at radius 2 is 1.85 bits per heavy atom. The lowest BCUT2D eigenvalue weighted by Crippen LogP contribution is -2.50. The SMILES string of the molecule is N#Cc1cccc(NC(=O)CCN2CCN(CC(=O)NC3CC3)CC2)c1. The third kappa shape index (κ3) is 5.83. The first-order valence-corrected chi connectivity index (χ1v) is 9.16. The van der Waals surface area contributed by atoms with Crippen LogP contribution in [0.15, 0.2) is 24.3 Å². The van der Waals surface area contributed by atoms with Crippen LogP contribution in [-0.2, 0) is 9.59 Å². The van der Waals surface area contributed by atoms with E-state index in [1.165, 1.54) is 0 Å². The molecule has 7 nitrogen and oxygen atoms in total. The maximum Gasteiger partial charge on any atom is 0.234 e. The Morgan fingerprint density at radius 3 is 2.54 bits per heavy atom. The molecular formula is C19H25N5O2. The van der Waals surface area contributed by atoms with Crippen molar-refractivity contribution in [1.29, 1.82) is 5.26 Å². The van der Waals surface area contributed by atoms with Crippen LogP contribution in [0.25, 0.3) is 0 Å². The predicted octanol–water partition coefficient (Wildman–Crippen LogP) is 0.783. The van der Waals surface area contributed by atoms with Gasteiger partial charge in [-0.2, -0.15) is 5.26 Å². The maximum absolute atomic E-state index is 12.1. The highest BCUT2D eigenvalue weighted by molar-refractivity contribution is 5.91. The summed E-state index contributed by atoms with van der Waals surface area (Å²) in [5, 5.41) is 14.7. The Labute approximate surface area is 153 Å². The number of piperazine rings is 1. The van der Waals surface area contributed by atoms with E-state index in [0.29, 0.717) is 36.8 Å². The number of hydrogen-bond acceptors (Lipinski definition) is 5. The highest BCUT2D eigenvalue weighted by atomic mass is 16.2. The molecule has 1 aliphatic heterocycles. The monoisotopic (exact) mass is 355 g/mol. The first-order chi connectivity index (χ1) is 12.6. The fourth-order valence-electron chi connectivity index (χ4n) is 3.02. The molecule has 0 atom stereocenters. The lowest BCUT2D eigenvalue weighted by atomic mass is 10.2. The Bertz CT molecular complexity index is 687. The molecule has 3 rings (SSSR count). The Kier molecular flexibility index (Phi) is 6.21. The molecule has 1 aliphatic carbocycles. The van der Waals surface area contributed by atoms with Gasteiger partial charge in [-0.15, -0.1) is 0 Å². The summed E-state index contributed by atoms with van der Waals surface area (Å²) in [5.74, 6) is 0.0752. The van der Waals surface area contributed by atoms with Gasteiger partial charge in [-0.1, -0.05) is 6.07 Å². The summed E-state index contributed by atoms with van der Waals surface area (Å²) in [6, 6.07) is 9.39. The van der Waals surface area contributed by atoms with Crippen LogP contribution in [0.1, 0.15) is 24.8 Å². The number of nitrogens with zero attached hydrogens (tertiary/aromatic N) is 3. The second kappa shape index (κ2) is 8.79. The first kappa shape index (κ1) is 18.4. The summed E-state index contributed by atoms with van der Waals surface area (Å²) in [4.78, 5) is 28.3. The Morgan fingerprint density at radius 1 is 1.12 bits per heavy atom. The van der Waals surface area contributed by atoms with E-state index >= 15 is 0 Å². The smallest absolute Gasteiger partial charge is 0.234 e. The van der Waals surface area contributed by atoms with E-state index in [-0.39, 0.29) is 11.8 Å². The van der Waals surface area contributed by atoms with Gasteiger partial charge in [0.05, 0.1) is 18.2 Å². The summed E-state index contributed by atoms with van der Waals surface area (Å²) < 4.78 is 0. The lowest BCUT2D eigenvalue weighted by molar-refractivity contribution is -0.122. The number of nitrogens with one attached hydrogen (secondary N) is 2. The van der Waals surface area contributed by atoms with Crippen molar-refractivity contribution in [1.82, 2.24) is 15.1 Å². The number of carbonyl (C=O) groups excluding carboxylic acids is 2. The molecule has 26 heavy (non-hydrogen) atoms. The quantitative estimate of drug-likeness (QED) is 0.755. The van der Waals surface area contributed by atoms with Crippen LogP contribution in [0.3, 0.4) is 0 Å². The summed E-state index contributed by atoms with van der Waals surface area (Å²) in [7, 11) is 0. The second-order valence-corrected chi connectivity index (χ2v) is 6.95. The molecule has 1 saturated heterocycles. The third-order valence-electron chi connectivity index (χ3n) is 4.71. The molecule has 0 radical (unpaired) electrons. The number of rotatable bonds is 7.